The smallest absolute Gasteiger partial charge is 0.416 e. The second-order valence-corrected chi connectivity index (χ2v) is 7.89. The van der Waals surface area contributed by atoms with Crippen LogP contribution in [-0.4, -0.2) is 49.4 Å². The van der Waals surface area contributed by atoms with Gasteiger partial charge >= 0.3 is 6.18 Å². The number of carbonyl (C=O) groups is 1. The van der Waals surface area contributed by atoms with Crippen molar-refractivity contribution in [3.05, 3.63) is 64.7 Å². The van der Waals surface area contributed by atoms with Crippen LogP contribution >= 0.6 is 11.6 Å². The third-order valence-corrected chi connectivity index (χ3v) is 5.25. The number of amides is 1. The second-order valence-electron chi connectivity index (χ2n) is 7.49. The highest BCUT2D eigenvalue weighted by Gasteiger charge is 2.32. The highest BCUT2D eigenvalue weighted by atomic mass is 35.5. The van der Waals surface area contributed by atoms with Crippen LogP contribution in [0.1, 0.15) is 44.5 Å². The van der Waals surface area contributed by atoms with E-state index in [9.17, 15) is 22.4 Å². The minimum Gasteiger partial charge on any atom is -0.491 e. The SMILES string of the molecule is C=C(OCC(C)N(CC)C(=O)c1cccc(F)c1N(C)/N=C\C#CCC)/C(Cl)=C\C(=C/C)C(F)(F)F. The summed E-state index contributed by atoms with van der Waals surface area (Å²) in [6, 6.07) is 3.57. The number of carbonyl (C=O) groups excluding carboxylic acids is 1. The van der Waals surface area contributed by atoms with Crippen molar-refractivity contribution >= 4 is 29.4 Å². The fourth-order valence-electron chi connectivity index (χ4n) is 3.07. The van der Waals surface area contributed by atoms with Crippen molar-refractivity contribution in [1.82, 2.24) is 4.90 Å². The molecule has 0 spiro atoms. The number of nitrogens with zero attached hydrogens (tertiary/aromatic N) is 3. The summed E-state index contributed by atoms with van der Waals surface area (Å²) in [4.78, 5) is 14.8. The van der Waals surface area contributed by atoms with E-state index in [-0.39, 0.29) is 35.2 Å². The standard InChI is InChI=1S/C26H30ClF4N3O2/c1-7-10-11-15-32-33(6)24-21(13-12-14-23(24)28)25(35)34(9-3)18(4)17-36-19(5)22(27)16-20(8-2)26(29,30)31/h8,12-16,18H,5,7,9,17H2,1-4,6H3/b20-8+,22-16+,32-15-. The molecule has 0 aromatic heterocycles. The van der Waals surface area contributed by atoms with Crippen LogP contribution in [-0.2, 0) is 4.74 Å². The van der Waals surface area contributed by atoms with Crippen LogP contribution in [0.4, 0.5) is 23.2 Å². The monoisotopic (exact) mass is 527 g/mol. The van der Waals surface area contributed by atoms with E-state index in [4.69, 9.17) is 16.3 Å². The maximum Gasteiger partial charge on any atom is 0.416 e. The quantitative estimate of drug-likeness (QED) is 0.0852. The first kappa shape index (κ1) is 30.8. The lowest BCUT2D eigenvalue weighted by atomic mass is 10.1. The van der Waals surface area contributed by atoms with E-state index in [1.807, 2.05) is 6.92 Å². The van der Waals surface area contributed by atoms with Crippen LogP contribution in [0.3, 0.4) is 0 Å². The van der Waals surface area contributed by atoms with E-state index < -0.39 is 29.5 Å². The van der Waals surface area contributed by atoms with Crippen molar-refractivity contribution in [2.24, 2.45) is 5.10 Å². The van der Waals surface area contributed by atoms with Gasteiger partial charge in [0.25, 0.3) is 5.91 Å². The molecule has 0 heterocycles. The second kappa shape index (κ2) is 14.3. The lowest BCUT2D eigenvalue weighted by Gasteiger charge is -2.29. The molecule has 10 heteroatoms. The molecule has 36 heavy (non-hydrogen) atoms. The van der Waals surface area contributed by atoms with E-state index in [0.717, 1.165) is 12.2 Å². The molecule has 1 rings (SSSR count). The number of alkyl halides is 3. The van der Waals surface area contributed by atoms with Crippen LogP contribution in [0.2, 0.25) is 0 Å². The van der Waals surface area contributed by atoms with Crippen LogP contribution in [0.25, 0.3) is 0 Å². The topological polar surface area (TPSA) is 45.1 Å². The van der Waals surface area contributed by atoms with Crippen molar-refractivity contribution in [3.8, 4) is 11.8 Å². The average molecular weight is 528 g/mol. The molecule has 1 aromatic rings. The zero-order valence-corrected chi connectivity index (χ0v) is 21.7. The number of likely N-dealkylation sites (N-methyl/N-ethyl adjacent to an activating group) is 1. The van der Waals surface area contributed by atoms with E-state index >= 15 is 0 Å². The highest BCUT2D eigenvalue weighted by Crippen LogP contribution is 2.30. The molecule has 0 bridgehead atoms. The molecule has 5 nitrogen and oxygen atoms in total. The van der Waals surface area contributed by atoms with Crippen LogP contribution in [0.15, 0.2) is 58.4 Å². The molecule has 0 aliphatic heterocycles. The molecular weight excluding hydrogens is 498 g/mol. The number of rotatable bonds is 10. The molecule has 0 aliphatic rings. The summed E-state index contributed by atoms with van der Waals surface area (Å²) in [7, 11) is 1.50. The molecule has 196 valence electrons. The van der Waals surface area contributed by atoms with Crippen LogP contribution < -0.4 is 5.01 Å². The summed E-state index contributed by atoms with van der Waals surface area (Å²) in [5, 5.41) is 4.99. The zero-order chi connectivity index (χ0) is 27.5. The summed E-state index contributed by atoms with van der Waals surface area (Å²) in [6.07, 6.45) is -1.02. The Labute approximate surface area is 214 Å². The molecule has 1 unspecified atom stereocenters. The number of benzene rings is 1. The number of para-hydroxylation sites is 1. The first-order valence-electron chi connectivity index (χ1n) is 11.2. The summed E-state index contributed by atoms with van der Waals surface area (Å²) >= 11 is 5.95. The summed E-state index contributed by atoms with van der Waals surface area (Å²) < 4.78 is 59.0. The number of hydrazone groups is 1. The Balaban J connectivity index is 3.08. The van der Waals surface area contributed by atoms with Gasteiger partial charge in [-0.3, -0.25) is 9.80 Å². The number of hydrogen-bond donors (Lipinski definition) is 0. The summed E-state index contributed by atoms with van der Waals surface area (Å²) in [5.74, 6) is 4.22. The Kier molecular flexibility index (Phi) is 12.3. The lowest BCUT2D eigenvalue weighted by molar-refractivity contribution is -0.0883. The number of ether oxygens (including phenoxy) is 1. The van der Waals surface area contributed by atoms with Gasteiger partial charge in [0, 0.05) is 20.0 Å². The maximum absolute atomic E-state index is 14.7. The van der Waals surface area contributed by atoms with Crippen LogP contribution in [0.5, 0.6) is 0 Å². The molecule has 0 saturated heterocycles. The number of anilines is 1. The zero-order valence-electron chi connectivity index (χ0n) is 20.9. The van der Waals surface area contributed by atoms with Gasteiger partial charge in [0.1, 0.15) is 23.9 Å². The number of hydrogen-bond acceptors (Lipinski definition) is 4. The fourth-order valence-corrected chi connectivity index (χ4v) is 3.25. The Morgan fingerprint density at radius 2 is 2.00 bits per heavy atom. The number of allylic oxidation sites excluding steroid dienone is 4. The van der Waals surface area contributed by atoms with Gasteiger partial charge in [-0.15, -0.1) is 0 Å². The minimum absolute atomic E-state index is 0.0231. The van der Waals surface area contributed by atoms with Crippen LogP contribution in [0, 0.1) is 17.7 Å². The van der Waals surface area contributed by atoms with E-state index in [2.05, 4.69) is 23.5 Å². The Morgan fingerprint density at radius 1 is 1.33 bits per heavy atom. The minimum atomic E-state index is -4.57. The molecule has 0 radical (unpaired) electrons. The third-order valence-electron chi connectivity index (χ3n) is 4.93. The van der Waals surface area contributed by atoms with Gasteiger partial charge in [-0.1, -0.05) is 49.1 Å². The largest absolute Gasteiger partial charge is 0.491 e. The number of halogens is 5. The van der Waals surface area contributed by atoms with Gasteiger partial charge in [0.05, 0.1) is 28.4 Å². The first-order chi connectivity index (χ1) is 16.9. The normalized spacial score (nSPS) is 13.2. The first-order valence-corrected chi connectivity index (χ1v) is 11.5. The predicted molar refractivity (Wildman–Crippen MR) is 136 cm³/mol. The maximum atomic E-state index is 14.7. The van der Waals surface area contributed by atoms with Crippen molar-refractivity contribution in [3.63, 3.8) is 0 Å². The molecule has 1 amide bonds. The van der Waals surface area contributed by atoms with Gasteiger partial charge in [-0.2, -0.15) is 18.3 Å². The van der Waals surface area contributed by atoms with Crippen molar-refractivity contribution in [2.45, 2.75) is 46.3 Å². The molecule has 1 atom stereocenters. The summed E-state index contributed by atoms with van der Waals surface area (Å²) in [5.41, 5.74) is -0.891. The lowest BCUT2D eigenvalue weighted by Crippen LogP contribution is -2.41. The van der Waals surface area contributed by atoms with Gasteiger partial charge in [0.2, 0.25) is 0 Å². The molecule has 0 fully saturated rings. The van der Waals surface area contributed by atoms with Crippen molar-refractivity contribution in [1.29, 1.82) is 0 Å². The fraction of sp³-hybridized carbons (Fsp3) is 0.385. The Morgan fingerprint density at radius 3 is 2.56 bits per heavy atom. The predicted octanol–water partition coefficient (Wildman–Crippen LogP) is 6.67. The molecular formula is C26H30ClF4N3O2. The van der Waals surface area contributed by atoms with Crippen molar-refractivity contribution < 1.29 is 27.1 Å². The molecule has 0 aliphatic carbocycles. The summed E-state index contributed by atoms with van der Waals surface area (Å²) in [6.45, 7) is 10.2. The van der Waals surface area contributed by atoms with Gasteiger partial charge in [-0.05, 0) is 39.0 Å². The molecule has 0 saturated carbocycles. The third kappa shape index (κ3) is 8.76. The highest BCUT2D eigenvalue weighted by molar-refractivity contribution is 6.31. The molecule has 0 N–H and O–H groups in total. The Bertz CT molecular complexity index is 1080. The van der Waals surface area contributed by atoms with Gasteiger partial charge in [0.15, 0.2) is 0 Å². The van der Waals surface area contributed by atoms with E-state index in [1.54, 1.807) is 13.8 Å². The Hall–Kier alpha value is -3.25. The molecule has 1 aromatic carbocycles. The van der Waals surface area contributed by atoms with Gasteiger partial charge < -0.3 is 9.64 Å². The average Bonchev–Trinajstić information content (AvgIpc) is 2.82. The van der Waals surface area contributed by atoms with Gasteiger partial charge in [-0.25, -0.2) is 4.39 Å². The van der Waals surface area contributed by atoms with E-state index in [1.165, 1.54) is 48.3 Å². The van der Waals surface area contributed by atoms with E-state index in [0.29, 0.717) is 6.42 Å². The van der Waals surface area contributed by atoms with Crippen molar-refractivity contribution in [2.75, 3.05) is 25.2 Å².